The third kappa shape index (κ3) is 19.3. The van der Waals surface area contributed by atoms with E-state index in [1.807, 2.05) is 62.4 Å². The maximum absolute atomic E-state index is 12.0. The van der Waals surface area contributed by atoms with Crippen molar-refractivity contribution in [2.45, 2.75) is 106 Å². The summed E-state index contributed by atoms with van der Waals surface area (Å²) >= 11 is 5.42. The topological polar surface area (TPSA) is 177 Å². The molecule has 0 aliphatic carbocycles. The van der Waals surface area contributed by atoms with Crippen LogP contribution in [0.15, 0.2) is 28.7 Å². The van der Waals surface area contributed by atoms with Crippen LogP contribution < -0.4 is 10.6 Å². The average Bonchev–Trinajstić information content (AvgIpc) is 3.01. The van der Waals surface area contributed by atoms with Crippen molar-refractivity contribution in [3.05, 3.63) is 67.7 Å². The second kappa shape index (κ2) is 22.8. The predicted octanol–water partition coefficient (Wildman–Crippen LogP) is 7.85. The highest BCUT2D eigenvalue weighted by atomic mass is 127. The number of esters is 2. The van der Waals surface area contributed by atoms with Crippen LogP contribution in [-0.2, 0) is 35.0 Å². The fourth-order valence-electron chi connectivity index (χ4n) is 4.13. The number of nitriles is 2. The maximum Gasteiger partial charge on any atom is 0.408 e. The first-order valence-corrected chi connectivity index (χ1v) is 17.7. The number of rotatable bonds is 7. The number of aryl methyl sites for hydroxylation is 4. The van der Waals surface area contributed by atoms with E-state index in [1.54, 1.807) is 53.7 Å². The van der Waals surface area contributed by atoms with Crippen LogP contribution in [0.25, 0.3) is 0 Å². The molecule has 2 aromatic carbocycles. The molecule has 0 saturated heterocycles. The molecule has 0 aliphatic rings. The summed E-state index contributed by atoms with van der Waals surface area (Å²) in [7, 11) is 2.54. The molecule has 2 unspecified atom stereocenters. The second-order valence-corrected chi connectivity index (χ2v) is 14.7. The van der Waals surface area contributed by atoms with Crippen LogP contribution in [0.1, 0.15) is 87.9 Å². The van der Waals surface area contributed by atoms with Crippen molar-refractivity contribution in [2.24, 2.45) is 0 Å². The smallest absolute Gasteiger partial charge is 0.408 e. The third-order valence-corrected chi connectivity index (χ3v) is 8.44. The Hall–Kier alpha value is -3.89. The second-order valence-electron chi connectivity index (χ2n) is 13.0. The first kappa shape index (κ1) is 49.2. The van der Waals surface area contributed by atoms with Gasteiger partial charge in [0.05, 0.1) is 37.5 Å². The zero-order valence-electron chi connectivity index (χ0n) is 30.8. The van der Waals surface area contributed by atoms with E-state index < -0.39 is 47.4 Å². The molecule has 0 spiro atoms. The van der Waals surface area contributed by atoms with Gasteiger partial charge in [0.15, 0.2) is 0 Å². The Kier molecular flexibility index (Phi) is 22.0. The van der Waals surface area contributed by atoms with Gasteiger partial charge in [0.1, 0.15) is 23.3 Å². The Morgan fingerprint density at radius 1 is 0.725 bits per heavy atom. The number of methoxy groups -OCH3 is 2. The summed E-state index contributed by atoms with van der Waals surface area (Å²) in [6.45, 7) is 18.2. The normalized spacial score (nSPS) is 11.5. The third-order valence-electron chi connectivity index (χ3n) is 6.31. The van der Waals surface area contributed by atoms with E-state index in [4.69, 9.17) is 24.7 Å². The lowest BCUT2D eigenvalue weighted by molar-refractivity contribution is -0.143. The highest BCUT2D eigenvalue weighted by Gasteiger charge is 2.27. The molecule has 2 aromatic rings. The molecule has 0 radical (unpaired) electrons. The summed E-state index contributed by atoms with van der Waals surface area (Å²) in [5.41, 5.74) is 4.93. The fourth-order valence-corrected chi connectivity index (χ4v) is 4.94. The van der Waals surface area contributed by atoms with Crippen LogP contribution >= 0.6 is 38.5 Å². The number of hydrogen-bond donors (Lipinski definition) is 2. The number of carbonyl (C=O) groups excluding carboxylic acids is 4. The lowest BCUT2D eigenvalue weighted by Crippen LogP contribution is -2.45. The number of alkyl halides is 1. The van der Waals surface area contributed by atoms with Crippen molar-refractivity contribution in [1.82, 2.24) is 10.6 Å². The van der Waals surface area contributed by atoms with Gasteiger partial charge in [0.2, 0.25) is 0 Å². The molecule has 0 saturated carbocycles. The molecule has 0 bridgehead atoms. The molecule has 0 aromatic heterocycles. The quantitative estimate of drug-likeness (QED) is 0.121. The molecule has 2 rings (SSSR count). The van der Waals surface area contributed by atoms with Gasteiger partial charge < -0.3 is 29.6 Å². The van der Waals surface area contributed by atoms with Crippen LogP contribution in [-0.4, -0.2) is 66.1 Å². The highest BCUT2D eigenvalue weighted by Crippen LogP contribution is 2.22. The SMILES string of the molecule is C.COC(=O)C(CI)NC(=O)OC(C)(C)C.COC(=O)C(Cc1c(C)cc(C#N)cc1C)NC(=O)OC(C)(C)C.Cc1cc(C#N)cc(C)c1Br. The van der Waals surface area contributed by atoms with Crippen LogP contribution in [0, 0.1) is 50.4 Å². The molecule has 0 heterocycles. The number of alkyl carbamates (subject to hydrolysis) is 2. The molecule has 2 amide bonds. The number of benzene rings is 2. The van der Waals surface area contributed by atoms with E-state index in [-0.39, 0.29) is 13.8 Å². The summed E-state index contributed by atoms with van der Waals surface area (Å²) in [4.78, 5) is 46.4. The summed E-state index contributed by atoms with van der Waals surface area (Å²) in [6, 6.07) is 9.94. The highest BCUT2D eigenvalue weighted by molar-refractivity contribution is 14.1. The van der Waals surface area contributed by atoms with Crippen LogP contribution in [0.2, 0.25) is 0 Å². The predicted molar refractivity (Wildman–Crippen MR) is 209 cm³/mol. The van der Waals surface area contributed by atoms with Gasteiger partial charge in [-0.3, -0.25) is 0 Å². The van der Waals surface area contributed by atoms with Gasteiger partial charge in [0, 0.05) is 15.3 Å². The molecular formula is C37H52BrIN4O8. The van der Waals surface area contributed by atoms with Crippen molar-refractivity contribution in [2.75, 3.05) is 18.6 Å². The lowest BCUT2D eigenvalue weighted by Gasteiger charge is -2.23. The van der Waals surface area contributed by atoms with E-state index in [9.17, 15) is 19.2 Å². The van der Waals surface area contributed by atoms with Crippen molar-refractivity contribution < 1.29 is 38.1 Å². The number of carbonyl (C=O) groups is 4. The number of hydrogen-bond acceptors (Lipinski definition) is 10. The number of nitrogens with zero attached hydrogens (tertiary/aromatic N) is 2. The standard InChI is InChI=1S/C18H24N2O4.C9H8BrN.C9H16INO4.CH4/c1-11-7-13(10-19)8-12(2)14(11)9-15(16(21)23-6)20-17(22)24-18(3,4)5;1-6-3-8(5-11)4-7(2)9(6)10;1-9(2,3)15-8(13)11-6(5-10)7(12)14-4;/h7-8,15H,9H2,1-6H3,(H,20,22);3-4H,1-2H3;6H,5H2,1-4H3,(H,11,13);1H4. The van der Waals surface area contributed by atoms with Gasteiger partial charge in [-0.25, -0.2) is 19.2 Å². The molecule has 2 N–H and O–H groups in total. The molecular weight excluding hydrogens is 835 g/mol. The Morgan fingerprint density at radius 2 is 1.06 bits per heavy atom. The molecule has 14 heteroatoms. The largest absolute Gasteiger partial charge is 0.467 e. The van der Waals surface area contributed by atoms with E-state index in [1.165, 1.54) is 14.2 Å². The molecule has 2 atom stereocenters. The van der Waals surface area contributed by atoms with Crippen molar-refractivity contribution in [1.29, 1.82) is 10.5 Å². The van der Waals surface area contributed by atoms with E-state index in [2.05, 4.69) is 43.4 Å². The van der Waals surface area contributed by atoms with Crippen molar-refractivity contribution in [3.8, 4) is 12.1 Å². The Morgan fingerprint density at radius 3 is 1.37 bits per heavy atom. The first-order chi connectivity index (χ1) is 23.0. The average molecular weight is 888 g/mol. The van der Waals surface area contributed by atoms with Crippen molar-refractivity contribution in [3.63, 3.8) is 0 Å². The van der Waals surface area contributed by atoms with Crippen LogP contribution in [0.4, 0.5) is 9.59 Å². The minimum atomic E-state index is -0.866. The van der Waals surface area contributed by atoms with E-state index in [0.717, 1.165) is 37.9 Å². The number of amides is 2. The molecule has 282 valence electrons. The van der Waals surface area contributed by atoms with Gasteiger partial charge in [-0.05, 0) is 121 Å². The summed E-state index contributed by atoms with van der Waals surface area (Å²) in [5.74, 6) is -1.03. The number of halogens is 2. The van der Waals surface area contributed by atoms with Gasteiger partial charge in [-0.1, -0.05) is 45.9 Å². The molecule has 0 aliphatic heterocycles. The summed E-state index contributed by atoms with van der Waals surface area (Å²) < 4.78 is 21.0. The van der Waals surface area contributed by atoms with E-state index in [0.29, 0.717) is 9.99 Å². The monoisotopic (exact) mass is 886 g/mol. The minimum absolute atomic E-state index is 0. The number of ether oxygens (including phenoxy) is 4. The fraction of sp³-hybridized carbons (Fsp3) is 0.514. The van der Waals surface area contributed by atoms with Gasteiger partial charge >= 0.3 is 24.1 Å². The first-order valence-electron chi connectivity index (χ1n) is 15.4. The van der Waals surface area contributed by atoms with E-state index >= 15 is 0 Å². The van der Waals surface area contributed by atoms with Crippen molar-refractivity contribution >= 4 is 62.6 Å². The minimum Gasteiger partial charge on any atom is -0.467 e. The summed E-state index contributed by atoms with van der Waals surface area (Å²) in [5, 5.41) is 22.6. The maximum atomic E-state index is 12.0. The lowest BCUT2D eigenvalue weighted by atomic mass is 9.94. The van der Waals surface area contributed by atoms with Gasteiger partial charge in [0.25, 0.3) is 0 Å². The molecule has 51 heavy (non-hydrogen) atoms. The Labute approximate surface area is 325 Å². The Bertz CT molecular complexity index is 1540. The van der Waals surface area contributed by atoms with Gasteiger partial charge in [-0.2, -0.15) is 10.5 Å². The van der Waals surface area contributed by atoms with Crippen LogP contribution in [0.5, 0.6) is 0 Å². The molecule has 0 fully saturated rings. The molecule has 12 nitrogen and oxygen atoms in total. The summed E-state index contributed by atoms with van der Waals surface area (Å²) in [6.07, 6.45) is -1.04. The zero-order chi connectivity index (χ0) is 39.0. The Balaban J connectivity index is 0. The zero-order valence-corrected chi connectivity index (χ0v) is 34.5. The number of nitrogens with one attached hydrogen (secondary N) is 2. The van der Waals surface area contributed by atoms with Crippen LogP contribution in [0.3, 0.4) is 0 Å². The van der Waals surface area contributed by atoms with Gasteiger partial charge in [-0.15, -0.1) is 0 Å².